The van der Waals surface area contributed by atoms with Crippen molar-refractivity contribution in [3.05, 3.63) is 0 Å². The molecule has 0 saturated carbocycles. The molecule has 0 N–H and O–H groups in total. The zero-order valence-electron chi connectivity index (χ0n) is 8.09. The number of hydrogen-bond donors (Lipinski definition) is 0. The van der Waals surface area contributed by atoms with Gasteiger partial charge in [-0.25, -0.2) is 0 Å². The first-order valence-electron chi connectivity index (χ1n) is 4.32. The van der Waals surface area contributed by atoms with E-state index in [1.807, 2.05) is 0 Å². The minimum Gasteiger partial charge on any atom is -0.366 e. The quantitative estimate of drug-likeness (QED) is 0.586. The van der Waals surface area contributed by atoms with Crippen LogP contribution in [-0.2, 0) is 4.79 Å². The first kappa shape index (κ1) is 11.6. The van der Waals surface area contributed by atoms with Gasteiger partial charge in [-0.15, -0.1) is 0 Å². The molecule has 1 aliphatic rings. The summed E-state index contributed by atoms with van der Waals surface area (Å²) < 4.78 is 0. The molecule has 3 heteroatoms. The molecule has 0 spiro atoms. The lowest BCUT2D eigenvalue weighted by molar-refractivity contribution is -0.114. The summed E-state index contributed by atoms with van der Waals surface area (Å²) >= 11 is 5.07. The van der Waals surface area contributed by atoms with E-state index in [-0.39, 0.29) is 5.78 Å². The minimum absolute atomic E-state index is 0.167. The average molecular weight is 187 g/mol. The summed E-state index contributed by atoms with van der Waals surface area (Å²) in [5, 5.41) is 0. The molecule has 0 bridgehead atoms. The summed E-state index contributed by atoms with van der Waals surface area (Å²) in [5.74, 6) is 0.167. The van der Waals surface area contributed by atoms with E-state index in [0.717, 1.165) is 18.0 Å². The Kier molecular flexibility index (Phi) is 5.89. The number of thiocarbonyl (C=S) groups is 1. The number of ketones is 1. The Morgan fingerprint density at radius 2 is 2.08 bits per heavy atom. The normalized spacial score (nSPS) is 15.6. The number of hydrogen-bond acceptors (Lipinski definition) is 2. The van der Waals surface area contributed by atoms with Crippen LogP contribution >= 0.6 is 12.2 Å². The Morgan fingerprint density at radius 1 is 1.58 bits per heavy atom. The zero-order chi connectivity index (χ0) is 9.56. The molecular weight excluding hydrogens is 170 g/mol. The van der Waals surface area contributed by atoms with Crippen LogP contribution in [0.25, 0.3) is 0 Å². The molecule has 0 atom stereocenters. The molecule has 0 aromatic carbocycles. The largest absolute Gasteiger partial charge is 0.366 e. The predicted octanol–water partition coefficient (Wildman–Crippen LogP) is 2.02. The van der Waals surface area contributed by atoms with Crippen LogP contribution in [0.5, 0.6) is 0 Å². The second-order valence-corrected chi connectivity index (χ2v) is 3.46. The molecule has 0 radical (unpaired) electrons. The number of rotatable bonds is 1. The summed E-state index contributed by atoms with van der Waals surface area (Å²) in [4.78, 5) is 12.9. The molecule has 0 aromatic rings. The SMILES string of the molecule is CC(C)=O.CCN1CCCC1=S. The third-order valence-corrected chi connectivity index (χ3v) is 2.02. The van der Waals surface area contributed by atoms with Crippen LogP contribution in [0.4, 0.5) is 0 Å². The maximum atomic E-state index is 9.44. The Labute approximate surface area is 79.9 Å². The van der Waals surface area contributed by atoms with E-state index in [0.29, 0.717) is 0 Å². The lowest BCUT2D eigenvalue weighted by Crippen LogP contribution is -2.22. The Bertz CT molecular complexity index is 164. The van der Waals surface area contributed by atoms with Crippen LogP contribution in [0, 0.1) is 0 Å². The van der Waals surface area contributed by atoms with Crippen molar-refractivity contribution in [2.75, 3.05) is 13.1 Å². The van der Waals surface area contributed by atoms with E-state index in [2.05, 4.69) is 11.8 Å². The van der Waals surface area contributed by atoms with E-state index in [9.17, 15) is 4.79 Å². The zero-order valence-corrected chi connectivity index (χ0v) is 8.91. The van der Waals surface area contributed by atoms with Gasteiger partial charge in [0.2, 0.25) is 0 Å². The molecule has 0 aromatic heterocycles. The average Bonchev–Trinajstić information content (AvgIpc) is 2.33. The van der Waals surface area contributed by atoms with Gasteiger partial charge in [0.05, 0.1) is 4.99 Å². The standard InChI is InChI=1S/C6H11NS.C3H6O/c1-2-7-5-3-4-6(7)8;1-3(2)4/h2-5H2,1H3;1-2H3. The molecule has 2 nitrogen and oxygen atoms in total. The molecule has 12 heavy (non-hydrogen) atoms. The fourth-order valence-corrected chi connectivity index (χ4v) is 1.40. The highest BCUT2D eigenvalue weighted by molar-refractivity contribution is 7.80. The Balaban J connectivity index is 0.000000261. The van der Waals surface area contributed by atoms with Gasteiger partial charge in [-0.1, -0.05) is 12.2 Å². The molecule has 1 fully saturated rings. The van der Waals surface area contributed by atoms with Crippen molar-refractivity contribution in [3.63, 3.8) is 0 Å². The van der Waals surface area contributed by atoms with Gasteiger partial charge in [-0.05, 0) is 33.6 Å². The summed E-state index contributed by atoms with van der Waals surface area (Å²) in [6.07, 6.45) is 2.41. The number of likely N-dealkylation sites (tertiary alicyclic amines) is 1. The van der Waals surface area contributed by atoms with Crippen LogP contribution in [0.3, 0.4) is 0 Å². The van der Waals surface area contributed by atoms with Gasteiger partial charge in [-0.2, -0.15) is 0 Å². The topological polar surface area (TPSA) is 20.3 Å². The fourth-order valence-electron chi connectivity index (χ4n) is 1.04. The van der Waals surface area contributed by atoms with E-state index in [1.165, 1.54) is 26.8 Å². The van der Waals surface area contributed by atoms with E-state index >= 15 is 0 Å². The maximum absolute atomic E-state index is 9.44. The second kappa shape index (κ2) is 6.12. The molecule has 0 unspecified atom stereocenters. The summed E-state index contributed by atoms with van der Waals surface area (Å²) in [5.41, 5.74) is 0. The molecule has 1 rings (SSSR count). The van der Waals surface area contributed by atoms with Crippen LogP contribution in [-0.4, -0.2) is 28.8 Å². The van der Waals surface area contributed by atoms with Crippen molar-refractivity contribution in [2.45, 2.75) is 33.6 Å². The third-order valence-electron chi connectivity index (χ3n) is 1.55. The van der Waals surface area contributed by atoms with Gasteiger partial charge in [0.15, 0.2) is 0 Å². The van der Waals surface area contributed by atoms with Crippen molar-refractivity contribution in [3.8, 4) is 0 Å². The Morgan fingerprint density at radius 3 is 2.25 bits per heavy atom. The molecule has 0 aliphatic carbocycles. The van der Waals surface area contributed by atoms with Gasteiger partial charge in [0.25, 0.3) is 0 Å². The molecule has 1 heterocycles. The summed E-state index contributed by atoms with van der Waals surface area (Å²) in [7, 11) is 0. The van der Waals surface area contributed by atoms with Crippen molar-refractivity contribution < 1.29 is 4.79 Å². The van der Waals surface area contributed by atoms with E-state index in [4.69, 9.17) is 12.2 Å². The summed E-state index contributed by atoms with van der Waals surface area (Å²) in [6, 6.07) is 0. The highest BCUT2D eigenvalue weighted by Gasteiger charge is 2.12. The smallest absolute Gasteiger partial charge is 0.126 e. The number of Topliss-reactive ketones (excluding diaryl/α,β-unsaturated/α-hetero) is 1. The van der Waals surface area contributed by atoms with Crippen molar-refractivity contribution >= 4 is 23.0 Å². The van der Waals surface area contributed by atoms with Crippen molar-refractivity contribution in [1.82, 2.24) is 4.90 Å². The lowest BCUT2D eigenvalue weighted by atomic mass is 10.4. The fraction of sp³-hybridized carbons (Fsp3) is 0.778. The predicted molar refractivity (Wildman–Crippen MR) is 55.4 cm³/mol. The van der Waals surface area contributed by atoms with E-state index in [1.54, 1.807) is 0 Å². The van der Waals surface area contributed by atoms with Crippen LogP contribution in [0.1, 0.15) is 33.6 Å². The molecular formula is C9H17NOS. The molecule has 1 saturated heterocycles. The van der Waals surface area contributed by atoms with Gasteiger partial charge in [0, 0.05) is 13.1 Å². The highest BCUT2D eigenvalue weighted by Crippen LogP contribution is 2.09. The van der Waals surface area contributed by atoms with Gasteiger partial charge < -0.3 is 9.69 Å². The van der Waals surface area contributed by atoms with Crippen LogP contribution in [0.2, 0.25) is 0 Å². The third kappa shape index (κ3) is 5.24. The van der Waals surface area contributed by atoms with E-state index < -0.39 is 0 Å². The highest BCUT2D eigenvalue weighted by atomic mass is 32.1. The Hall–Kier alpha value is -0.440. The molecule has 1 aliphatic heterocycles. The van der Waals surface area contributed by atoms with Gasteiger partial charge >= 0.3 is 0 Å². The lowest BCUT2D eigenvalue weighted by Gasteiger charge is -2.13. The van der Waals surface area contributed by atoms with Crippen molar-refractivity contribution in [1.29, 1.82) is 0 Å². The van der Waals surface area contributed by atoms with Gasteiger partial charge in [0.1, 0.15) is 5.78 Å². The second-order valence-electron chi connectivity index (χ2n) is 2.99. The molecule has 0 amide bonds. The summed E-state index contributed by atoms with van der Waals surface area (Å²) in [6.45, 7) is 7.49. The maximum Gasteiger partial charge on any atom is 0.126 e. The molecule has 70 valence electrons. The number of carbonyl (C=O) groups is 1. The number of carbonyl (C=O) groups excluding carboxylic acids is 1. The monoisotopic (exact) mass is 187 g/mol. The first-order valence-corrected chi connectivity index (χ1v) is 4.73. The first-order chi connectivity index (χ1) is 5.57. The van der Waals surface area contributed by atoms with Crippen LogP contribution < -0.4 is 0 Å². The van der Waals surface area contributed by atoms with Gasteiger partial charge in [-0.3, -0.25) is 0 Å². The van der Waals surface area contributed by atoms with Crippen molar-refractivity contribution in [2.24, 2.45) is 0 Å². The van der Waals surface area contributed by atoms with Crippen LogP contribution in [0.15, 0.2) is 0 Å². The minimum atomic E-state index is 0.167. The number of nitrogens with zero attached hydrogens (tertiary/aromatic N) is 1.